The zero-order valence-electron chi connectivity index (χ0n) is 12.1. The predicted octanol–water partition coefficient (Wildman–Crippen LogP) is 4.28. The largest absolute Gasteiger partial charge is 0.491 e. The van der Waals surface area contributed by atoms with Gasteiger partial charge in [0, 0.05) is 11.0 Å². The number of nitrogens with zero attached hydrogens (tertiary/aromatic N) is 1. The number of halogens is 2. The second-order valence-corrected chi connectivity index (χ2v) is 8.05. The van der Waals surface area contributed by atoms with Crippen LogP contribution in [0.15, 0.2) is 21.1 Å². The Morgan fingerprint density at radius 3 is 2.67 bits per heavy atom. The van der Waals surface area contributed by atoms with Gasteiger partial charge < -0.3 is 9.64 Å². The van der Waals surface area contributed by atoms with Crippen molar-refractivity contribution in [3.05, 3.63) is 26.6 Å². The lowest BCUT2D eigenvalue weighted by Gasteiger charge is -2.39. The average molecular weight is 417 g/mol. The van der Waals surface area contributed by atoms with Gasteiger partial charge in [0.15, 0.2) is 5.78 Å². The van der Waals surface area contributed by atoms with Crippen molar-refractivity contribution in [1.29, 1.82) is 0 Å². The van der Waals surface area contributed by atoms with E-state index in [1.54, 1.807) is 0 Å². The number of fused-ring (bicyclic) bond motifs is 1. The van der Waals surface area contributed by atoms with Crippen molar-refractivity contribution >= 4 is 37.6 Å². The van der Waals surface area contributed by atoms with Crippen LogP contribution in [0.2, 0.25) is 0 Å². The highest BCUT2D eigenvalue weighted by atomic mass is 79.9. The number of carbonyl (C=O) groups is 1. The summed E-state index contributed by atoms with van der Waals surface area (Å²) < 4.78 is 7.65. The summed E-state index contributed by atoms with van der Waals surface area (Å²) in [6, 6.07) is 3.79. The van der Waals surface area contributed by atoms with Crippen molar-refractivity contribution in [2.75, 3.05) is 26.2 Å². The maximum absolute atomic E-state index is 13.0. The molecule has 0 saturated carbocycles. The van der Waals surface area contributed by atoms with Gasteiger partial charge >= 0.3 is 0 Å². The molecule has 21 heavy (non-hydrogen) atoms. The van der Waals surface area contributed by atoms with Crippen molar-refractivity contribution in [2.45, 2.75) is 26.2 Å². The molecular formula is C16H19Br2NO2. The molecule has 5 heteroatoms. The molecule has 0 unspecified atom stereocenters. The van der Waals surface area contributed by atoms with E-state index >= 15 is 0 Å². The minimum absolute atomic E-state index is 0.191. The Hall–Kier alpha value is -0.390. The number of benzene rings is 1. The average Bonchev–Trinajstić information content (AvgIpc) is 2.44. The van der Waals surface area contributed by atoms with E-state index in [-0.39, 0.29) is 5.78 Å². The number of likely N-dealkylation sites (tertiary alicyclic amines) is 1. The first-order chi connectivity index (χ1) is 9.99. The van der Waals surface area contributed by atoms with Crippen LogP contribution in [0, 0.1) is 5.41 Å². The van der Waals surface area contributed by atoms with E-state index in [0.29, 0.717) is 17.9 Å². The van der Waals surface area contributed by atoms with Crippen molar-refractivity contribution < 1.29 is 9.53 Å². The summed E-state index contributed by atoms with van der Waals surface area (Å²) in [6.45, 7) is 5.46. The highest BCUT2D eigenvalue weighted by Crippen LogP contribution is 2.41. The number of hydrogen-bond acceptors (Lipinski definition) is 3. The van der Waals surface area contributed by atoms with Crippen molar-refractivity contribution in [2.24, 2.45) is 5.41 Å². The van der Waals surface area contributed by atoms with Gasteiger partial charge in [0.1, 0.15) is 12.4 Å². The maximum atomic E-state index is 13.0. The van der Waals surface area contributed by atoms with Crippen LogP contribution in [-0.2, 0) is 0 Å². The van der Waals surface area contributed by atoms with Crippen LogP contribution in [0.5, 0.6) is 5.75 Å². The number of rotatable bonds is 2. The van der Waals surface area contributed by atoms with Gasteiger partial charge in [0.25, 0.3) is 0 Å². The molecule has 1 aromatic rings. The fraction of sp³-hybridized carbons (Fsp3) is 0.562. The monoisotopic (exact) mass is 415 g/mol. The molecule has 2 heterocycles. The molecular weight excluding hydrogens is 398 g/mol. The smallest absolute Gasteiger partial charge is 0.177 e. The SMILES string of the molecule is C[C@]1(CN2CCCCC2)COc2c(Br)cc(Br)cc2C1=O. The minimum Gasteiger partial charge on any atom is -0.491 e. The molecule has 1 fully saturated rings. The fourth-order valence-corrected chi connectivity index (χ4v) is 4.57. The van der Waals surface area contributed by atoms with E-state index in [4.69, 9.17) is 4.74 Å². The van der Waals surface area contributed by atoms with Crippen LogP contribution < -0.4 is 4.74 Å². The zero-order valence-corrected chi connectivity index (χ0v) is 15.3. The first kappa shape index (κ1) is 15.5. The van der Waals surface area contributed by atoms with Gasteiger partial charge in [-0.2, -0.15) is 0 Å². The van der Waals surface area contributed by atoms with E-state index in [9.17, 15) is 4.79 Å². The Kier molecular flexibility index (Phi) is 4.44. The normalized spacial score (nSPS) is 26.3. The second-order valence-electron chi connectivity index (χ2n) is 6.28. The Balaban J connectivity index is 1.86. The van der Waals surface area contributed by atoms with Gasteiger partial charge in [-0.15, -0.1) is 0 Å². The third kappa shape index (κ3) is 3.06. The summed E-state index contributed by atoms with van der Waals surface area (Å²) in [4.78, 5) is 15.4. The molecule has 1 atom stereocenters. The zero-order chi connectivity index (χ0) is 15.0. The number of piperidine rings is 1. The van der Waals surface area contributed by atoms with E-state index in [1.807, 2.05) is 19.1 Å². The summed E-state index contributed by atoms with van der Waals surface area (Å²) in [7, 11) is 0. The molecule has 3 rings (SSSR count). The molecule has 1 saturated heterocycles. The van der Waals surface area contributed by atoms with E-state index < -0.39 is 5.41 Å². The lowest BCUT2D eigenvalue weighted by atomic mass is 9.80. The fourth-order valence-electron chi connectivity index (χ4n) is 3.23. The van der Waals surface area contributed by atoms with Crippen LogP contribution in [0.3, 0.4) is 0 Å². The van der Waals surface area contributed by atoms with Crippen molar-refractivity contribution in [1.82, 2.24) is 4.90 Å². The Labute approximate surface area is 142 Å². The molecule has 0 spiro atoms. The molecule has 114 valence electrons. The molecule has 0 aromatic heterocycles. The lowest BCUT2D eigenvalue weighted by molar-refractivity contribution is 0.0493. The van der Waals surface area contributed by atoms with E-state index in [2.05, 4.69) is 36.8 Å². The van der Waals surface area contributed by atoms with Crippen LogP contribution >= 0.6 is 31.9 Å². The number of carbonyl (C=O) groups excluding carboxylic acids is 1. The summed E-state index contributed by atoms with van der Waals surface area (Å²) in [5.41, 5.74) is 0.229. The van der Waals surface area contributed by atoms with E-state index in [1.165, 1.54) is 19.3 Å². The van der Waals surface area contributed by atoms with Crippen LogP contribution in [-0.4, -0.2) is 36.9 Å². The summed E-state index contributed by atoms with van der Waals surface area (Å²) in [5.74, 6) is 0.871. The molecule has 2 aliphatic heterocycles. The standard InChI is InChI=1S/C16H19Br2NO2/c1-16(9-19-5-3-2-4-6-19)10-21-14-12(15(16)20)7-11(17)8-13(14)18/h7-8H,2-6,9-10H2,1H3/t16-/m0/s1. The highest BCUT2D eigenvalue weighted by Gasteiger charge is 2.42. The number of ether oxygens (including phenoxy) is 1. The number of ketones is 1. The molecule has 1 aromatic carbocycles. The third-order valence-electron chi connectivity index (χ3n) is 4.36. The topological polar surface area (TPSA) is 29.5 Å². The lowest BCUT2D eigenvalue weighted by Crippen LogP contribution is -2.48. The van der Waals surface area contributed by atoms with Gasteiger partial charge in [-0.25, -0.2) is 0 Å². The van der Waals surface area contributed by atoms with Gasteiger partial charge in [-0.1, -0.05) is 22.4 Å². The van der Waals surface area contributed by atoms with Gasteiger partial charge in [0.2, 0.25) is 0 Å². The molecule has 3 nitrogen and oxygen atoms in total. The van der Waals surface area contributed by atoms with Gasteiger partial charge in [0.05, 0.1) is 15.5 Å². The van der Waals surface area contributed by atoms with Crippen molar-refractivity contribution in [3.8, 4) is 5.75 Å². The first-order valence-electron chi connectivity index (χ1n) is 7.39. The maximum Gasteiger partial charge on any atom is 0.177 e. The van der Waals surface area contributed by atoms with Gasteiger partial charge in [-0.3, -0.25) is 4.79 Å². The predicted molar refractivity (Wildman–Crippen MR) is 90.1 cm³/mol. The molecule has 0 bridgehead atoms. The molecule has 0 radical (unpaired) electrons. The summed E-state index contributed by atoms with van der Waals surface area (Å²) >= 11 is 6.94. The Morgan fingerprint density at radius 1 is 1.24 bits per heavy atom. The molecule has 0 aliphatic carbocycles. The molecule has 2 aliphatic rings. The Bertz CT molecular complexity index is 570. The van der Waals surface area contributed by atoms with Crippen LogP contribution in [0.1, 0.15) is 36.5 Å². The summed E-state index contributed by atoms with van der Waals surface area (Å²) in [6.07, 6.45) is 3.78. The van der Waals surface area contributed by atoms with Gasteiger partial charge in [-0.05, 0) is 60.9 Å². The quantitative estimate of drug-likeness (QED) is 0.720. The molecule has 0 N–H and O–H groups in total. The summed E-state index contributed by atoms with van der Waals surface area (Å²) in [5, 5.41) is 0. The first-order valence-corrected chi connectivity index (χ1v) is 8.97. The van der Waals surface area contributed by atoms with Crippen LogP contribution in [0.4, 0.5) is 0 Å². The van der Waals surface area contributed by atoms with Crippen LogP contribution in [0.25, 0.3) is 0 Å². The second kappa shape index (κ2) is 6.01. The van der Waals surface area contributed by atoms with E-state index in [0.717, 1.165) is 28.6 Å². The number of Topliss-reactive ketones (excluding diaryl/α,β-unsaturated/α-hetero) is 1. The highest BCUT2D eigenvalue weighted by molar-refractivity contribution is 9.11. The minimum atomic E-state index is -0.454. The third-order valence-corrected chi connectivity index (χ3v) is 5.40. The van der Waals surface area contributed by atoms with Crippen molar-refractivity contribution in [3.63, 3.8) is 0 Å². The molecule has 0 amide bonds. The number of hydrogen-bond donors (Lipinski definition) is 0. The Morgan fingerprint density at radius 2 is 1.95 bits per heavy atom.